The van der Waals surface area contributed by atoms with Crippen molar-refractivity contribution in [1.82, 2.24) is 10.6 Å². The van der Waals surface area contributed by atoms with E-state index in [1.54, 1.807) is 13.2 Å². The molecule has 0 aliphatic carbocycles. The van der Waals surface area contributed by atoms with Gasteiger partial charge in [-0.3, -0.25) is 4.79 Å². The Morgan fingerprint density at radius 3 is 2.96 bits per heavy atom. The van der Waals surface area contributed by atoms with Gasteiger partial charge in [0.25, 0.3) is 5.91 Å². The minimum atomic E-state index is -0.218. The molecule has 0 aromatic heterocycles. The number of rotatable bonds is 4. The summed E-state index contributed by atoms with van der Waals surface area (Å²) < 4.78 is 17.6. The van der Waals surface area contributed by atoms with Crippen LogP contribution in [0.4, 0.5) is 0 Å². The molecule has 1 unspecified atom stereocenters. The number of carbonyl (C=O) groups excluding carboxylic acids is 1. The average Bonchev–Trinajstić information content (AvgIpc) is 2.89. The van der Waals surface area contributed by atoms with Crippen LogP contribution in [-0.4, -0.2) is 52.0 Å². The highest BCUT2D eigenvalue weighted by Crippen LogP contribution is 2.44. The standard InChI is InChI=1S/C17H22BrClN2O4/c1-23-13-9-20-4-3-10(13)8-21-17(22)11-7-12(19)14(18)16-15(11)24-5-2-6-25-16/h7,10,13,20H,2-6,8-9H2,1H3,(H,21,22)/t10-,13?/m0/s1. The summed E-state index contributed by atoms with van der Waals surface area (Å²) in [5.74, 6) is 0.994. The third-order valence-electron chi connectivity index (χ3n) is 4.55. The Kier molecular flexibility index (Phi) is 6.44. The summed E-state index contributed by atoms with van der Waals surface area (Å²) in [5, 5.41) is 6.72. The highest BCUT2D eigenvalue weighted by atomic mass is 79.9. The fraction of sp³-hybridized carbons (Fsp3) is 0.588. The number of hydrogen-bond acceptors (Lipinski definition) is 5. The minimum Gasteiger partial charge on any atom is -0.489 e. The Morgan fingerprint density at radius 1 is 1.44 bits per heavy atom. The first-order valence-corrected chi connectivity index (χ1v) is 9.58. The largest absolute Gasteiger partial charge is 0.489 e. The molecular weight excluding hydrogens is 412 g/mol. The molecule has 25 heavy (non-hydrogen) atoms. The number of benzene rings is 1. The average molecular weight is 434 g/mol. The van der Waals surface area contributed by atoms with Gasteiger partial charge in [-0.25, -0.2) is 0 Å². The van der Waals surface area contributed by atoms with E-state index in [1.165, 1.54) is 0 Å². The number of nitrogens with one attached hydrogen (secondary N) is 2. The van der Waals surface area contributed by atoms with E-state index in [4.69, 9.17) is 25.8 Å². The van der Waals surface area contributed by atoms with E-state index in [9.17, 15) is 4.79 Å². The fourth-order valence-electron chi connectivity index (χ4n) is 3.15. The van der Waals surface area contributed by atoms with Crippen LogP contribution in [0, 0.1) is 5.92 Å². The SMILES string of the molecule is COC1CNCC[C@H]1CNC(=O)c1cc(Cl)c(Br)c2c1OCCCO2. The minimum absolute atomic E-state index is 0.0965. The molecule has 2 aliphatic rings. The smallest absolute Gasteiger partial charge is 0.255 e. The summed E-state index contributed by atoms with van der Waals surface area (Å²) >= 11 is 9.66. The molecule has 2 aliphatic heterocycles. The van der Waals surface area contributed by atoms with Gasteiger partial charge in [-0.1, -0.05) is 11.6 Å². The van der Waals surface area contributed by atoms with Crippen LogP contribution in [0.2, 0.25) is 5.02 Å². The summed E-state index contributed by atoms with van der Waals surface area (Å²) in [5.41, 5.74) is 0.396. The Bertz CT molecular complexity index is 644. The van der Waals surface area contributed by atoms with E-state index in [-0.39, 0.29) is 17.9 Å². The number of halogens is 2. The van der Waals surface area contributed by atoms with Gasteiger partial charge < -0.3 is 24.8 Å². The molecule has 2 N–H and O–H groups in total. The lowest BCUT2D eigenvalue weighted by atomic mass is 9.95. The quantitative estimate of drug-likeness (QED) is 0.764. The van der Waals surface area contributed by atoms with E-state index in [1.807, 2.05) is 0 Å². The second-order valence-electron chi connectivity index (χ2n) is 6.17. The van der Waals surface area contributed by atoms with Gasteiger partial charge in [0.1, 0.15) is 0 Å². The molecule has 0 bridgehead atoms. The number of carbonyl (C=O) groups is 1. The van der Waals surface area contributed by atoms with Crippen molar-refractivity contribution in [3.8, 4) is 11.5 Å². The highest BCUT2D eigenvalue weighted by Gasteiger charge is 2.28. The lowest BCUT2D eigenvalue weighted by molar-refractivity contribution is 0.0338. The molecule has 1 aromatic rings. The van der Waals surface area contributed by atoms with E-state index in [0.29, 0.717) is 46.3 Å². The zero-order valence-electron chi connectivity index (χ0n) is 14.1. The van der Waals surface area contributed by atoms with Gasteiger partial charge >= 0.3 is 0 Å². The van der Waals surface area contributed by atoms with Crippen molar-refractivity contribution in [3.05, 3.63) is 21.1 Å². The summed E-state index contributed by atoms with van der Waals surface area (Å²) in [4.78, 5) is 12.8. The molecule has 8 heteroatoms. The van der Waals surface area contributed by atoms with Crippen LogP contribution in [0.25, 0.3) is 0 Å². The number of methoxy groups -OCH3 is 1. The van der Waals surface area contributed by atoms with Gasteiger partial charge in [-0.05, 0) is 35.0 Å². The highest BCUT2D eigenvalue weighted by molar-refractivity contribution is 9.10. The predicted molar refractivity (Wildman–Crippen MR) is 98.9 cm³/mol. The number of piperidine rings is 1. The Balaban J connectivity index is 1.76. The van der Waals surface area contributed by atoms with Crippen molar-refractivity contribution in [3.63, 3.8) is 0 Å². The Hall–Kier alpha value is -1.02. The van der Waals surface area contributed by atoms with Gasteiger partial charge in [0.05, 0.1) is 34.4 Å². The maximum Gasteiger partial charge on any atom is 0.255 e. The van der Waals surface area contributed by atoms with Crippen molar-refractivity contribution in [2.45, 2.75) is 18.9 Å². The van der Waals surface area contributed by atoms with Crippen molar-refractivity contribution < 1.29 is 19.0 Å². The van der Waals surface area contributed by atoms with E-state index in [0.717, 1.165) is 25.9 Å². The summed E-state index contributed by atoms with van der Waals surface area (Å²) in [6, 6.07) is 1.62. The molecule has 0 saturated carbocycles. The van der Waals surface area contributed by atoms with E-state index in [2.05, 4.69) is 26.6 Å². The first-order valence-electron chi connectivity index (χ1n) is 8.41. The molecular formula is C17H22BrClN2O4. The lowest BCUT2D eigenvalue weighted by Crippen LogP contribution is -2.46. The molecule has 0 spiro atoms. The molecule has 1 amide bonds. The predicted octanol–water partition coefficient (Wildman–Crippen LogP) is 2.62. The topological polar surface area (TPSA) is 68.8 Å². The van der Waals surface area contributed by atoms with Gasteiger partial charge in [-0.15, -0.1) is 0 Å². The zero-order valence-corrected chi connectivity index (χ0v) is 16.4. The summed E-state index contributed by atoms with van der Waals surface area (Å²) in [6.07, 6.45) is 1.81. The van der Waals surface area contributed by atoms with Gasteiger partial charge in [0.15, 0.2) is 11.5 Å². The Labute approximate surface area is 160 Å². The van der Waals surface area contributed by atoms with Crippen LogP contribution in [0.5, 0.6) is 11.5 Å². The van der Waals surface area contributed by atoms with Crippen molar-refractivity contribution in [1.29, 1.82) is 0 Å². The van der Waals surface area contributed by atoms with Crippen LogP contribution >= 0.6 is 27.5 Å². The first-order chi connectivity index (χ1) is 12.1. The Morgan fingerprint density at radius 2 is 2.20 bits per heavy atom. The number of fused-ring (bicyclic) bond motifs is 1. The second-order valence-corrected chi connectivity index (χ2v) is 7.37. The van der Waals surface area contributed by atoms with Crippen molar-refractivity contribution in [2.75, 3.05) is 40.0 Å². The maximum atomic E-state index is 12.8. The van der Waals surface area contributed by atoms with E-state index >= 15 is 0 Å². The number of ether oxygens (including phenoxy) is 3. The molecule has 1 fully saturated rings. The molecule has 2 atom stereocenters. The molecule has 0 radical (unpaired) electrons. The van der Waals surface area contributed by atoms with E-state index < -0.39 is 0 Å². The van der Waals surface area contributed by atoms with Gasteiger partial charge in [0, 0.05) is 32.5 Å². The molecule has 1 aromatic carbocycles. The second kappa shape index (κ2) is 8.58. The zero-order chi connectivity index (χ0) is 17.8. The van der Waals surface area contributed by atoms with Crippen LogP contribution in [0.1, 0.15) is 23.2 Å². The van der Waals surface area contributed by atoms with Gasteiger partial charge in [0.2, 0.25) is 0 Å². The fourth-order valence-corrected chi connectivity index (χ4v) is 3.75. The molecule has 6 nitrogen and oxygen atoms in total. The molecule has 3 rings (SSSR count). The van der Waals surface area contributed by atoms with Gasteiger partial charge in [-0.2, -0.15) is 0 Å². The molecule has 1 saturated heterocycles. The first kappa shape index (κ1) is 18.8. The molecule has 2 heterocycles. The summed E-state index contributed by atoms with van der Waals surface area (Å²) in [6.45, 7) is 3.30. The van der Waals surface area contributed by atoms with Crippen molar-refractivity contribution >= 4 is 33.4 Å². The normalized spacial score (nSPS) is 23.0. The molecule has 138 valence electrons. The van der Waals surface area contributed by atoms with Crippen LogP contribution in [0.15, 0.2) is 10.5 Å². The third kappa shape index (κ3) is 4.22. The van der Waals surface area contributed by atoms with Crippen molar-refractivity contribution in [2.24, 2.45) is 5.92 Å². The summed E-state index contributed by atoms with van der Waals surface area (Å²) in [7, 11) is 1.70. The monoisotopic (exact) mass is 432 g/mol. The lowest BCUT2D eigenvalue weighted by Gasteiger charge is -2.31. The number of hydrogen-bond donors (Lipinski definition) is 2. The van der Waals surface area contributed by atoms with Crippen LogP contribution in [-0.2, 0) is 4.74 Å². The maximum absolute atomic E-state index is 12.8. The van der Waals surface area contributed by atoms with Crippen LogP contribution in [0.3, 0.4) is 0 Å². The third-order valence-corrected chi connectivity index (χ3v) is 5.86. The van der Waals surface area contributed by atoms with Crippen LogP contribution < -0.4 is 20.1 Å². The number of amides is 1.